The minimum atomic E-state index is -0.770. The highest BCUT2D eigenvalue weighted by molar-refractivity contribution is 7.98. The van der Waals surface area contributed by atoms with Crippen molar-refractivity contribution < 1.29 is 14.7 Å². The van der Waals surface area contributed by atoms with Crippen LogP contribution in [0.4, 0.5) is 5.69 Å². The number of carboxylic acid groups (broad SMARTS) is 1. The van der Waals surface area contributed by atoms with E-state index in [0.717, 1.165) is 23.4 Å². The first-order valence-corrected chi connectivity index (χ1v) is 8.31. The molecule has 0 saturated heterocycles. The Hall–Kier alpha value is -1.49. The second kappa shape index (κ2) is 9.45. The predicted octanol–water partition coefficient (Wildman–Crippen LogP) is 3.77. The van der Waals surface area contributed by atoms with Crippen LogP contribution in [0.15, 0.2) is 24.3 Å². The summed E-state index contributed by atoms with van der Waals surface area (Å²) in [5.41, 5.74) is 1.90. The van der Waals surface area contributed by atoms with E-state index in [0.29, 0.717) is 18.1 Å². The average molecular weight is 309 g/mol. The summed E-state index contributed by atoms with van der Waals surface area (Å²) in [6, 6.07) is 7.71. The minimum absolute atomic E-state index is 0.0411. The van der Waals surface area contributed by atoms with Gasteiger partial charge in [-0.1, -0.05) is 26.0 Å². The zero-order chi connectivity index (χ0) is 15.7. The van der Waals surface area contributed by atoms with Crippen LogP contribution in [0, 0.1) is 5.92 Å². The van der Waals surface area contributed by atoms with Gasteiger partial charge in [0.15, 0.2) is 0 Å². The zero-order valence-corrected chi connectivity index (χ0v) is 13.4. The van der Waals surface area contributed by atoms with Crippen molar-refractivity contribution in [3.63, 3.8) is 0 Å². The van der Waals surface area contributed by atoms with E-state index in [1.807, 2.05) is 24.3 Å². The fourth-order valence-electron chi connectivity index (χ4n) is 1.73. The van der Waals surface area contributed by atoms with Gasteiger partial charge in [-0.3, -0.25) is 9.59 Å². The van der Waals surface area contributed by atoms with Gasteiger partial charge in [0, 0.05) is 23.6 Å². The van der Waals surface area contributed by atoms with E-state index in [-0.39, 0.29) is 12.3 Å². The third-order valence-corrected chi connectivity index (χ3v) is 3.92. The number of carbonyl (C=O) groups is 2. The first kappa shape index (κ1) is 17.6. The third kappa shape index (κ3) is 8.40. The molecule has 0 saturated carbocycles. The van der Waals surface area contributed by atoms with Gasteiger partial charge in [0.05, 0.1) is 6.42 Å². The molecule has 1 rings (SSSR count). The van der Waals surface area contributed by atoms with Crippen molar-refractivity contribution in [2.75, 3.05) is 11.1 Å². The summed E-state index contributed by atoms with van der Waals surface area (Å²) < 4.78 is 0. The van der Waals surface area contributed by atoms with Gasteiger partial charge in [-0.25, -0.2) is 0 Å². The van der Waals surface area contributed by atoms with Gasteiger partial charge >= 0.3 is 5.97 Å². The fourth-order valence-corrected chi connectivity index (χ4v) is 2.61. The Morgan fingerprint density at radius 3 is 2.71 bits per heavy atom. The molecule has 0 atom stereocenters. The summed E-state index contributed by atoms with van der Waals surface area (Å²) in [5, 5.41) is 11.5. The number of carbonyl (C=O) groups excluding carboxylic acids is 1. The highest BCUT2D eigenvalue weighted by Gasteiger charge is 2.05. The third-order valence-electron chi connectivity index (χ3n) is 2.89. The highest BCUT2D eigenvalue weighted by atomic mass is 32.2. The molecule has 0 aliphatic heterocycles. The van der Waals surface area contributed by atoms with Crippen LogP contribution < -0.4 is 5.32 Å². The summed E-state index contributed by atoms with van der Waals surface area (Å²) in [6.45, 7) is 4.20. The van der Waals surface area contributed by atoms with E-state index in [1.165, 1.54) is 0 Å². The molecule has 21 heavy (non-hydrogen) atoms. The van der Waals surface area contributed by atoms with E-state index >= 15 is 0 Å². The minimum Gasteiger partial charge on any atom is -0.481 e. The van der Waals surface area contributed by atoms with Crippen molar-refractivity contribution in [3.05, 3.63) is 29.8 Å². The monoisotopic (exact) mass is 309 g/mol. The number of carboxylic acids is 1. The van der Waals surface area contributed by atoms with Crippen LogP contribution in [0.1, 0.15) is 38.7 Å². The summed E-state index contributed by atoms with van der Waals surface area (Å²) >= 11 is 1.58. The number of nitrogens with one attached hydrogen (secondary N) is 1. The molecule has 0 aromatic heterocycles. The van der Waals surface area contributed by atoms with Crippen molar-refractivity contribution in [1.82, 2.24) is 0 Å². The lowest BCUT2D eigenvalue weighted by atomic mass is 10.1. The van der Waals surface area contributed by atoms with Gasteiger partial charge in [0.25, 0.3) is 0 Å². The molecule has 116 valence electrons. The van der Waals surface area contributed by atoms with Gasteiger partial charge in [0.2, 0.25) is 5.91 Å². The summed E-state index contributed by atoms with van der Waals surface area (Å²) in [6.07, 6.45) is 1.60. The Balaban J connectivity index is 2.41. The van der Waals surface area contributed by atoms with Gasteiger partial charge in [-0.05, 0) is 30.0 Å². The Kier molecular flexibility index (Phi) is 7.90. The lowest BCUT2D eigenvalue weighted by molar-refractivity contribution is -0.136. The molecular formula is C16H23NO3S. The zero-order valence-electron chi connectivity index (χ0n) is 12.6. The van der Waals surface area contributed by atoms with Gasteiger partial charge in [-0.15, -0.1) is 0 Å². The molecule has 1 aromatic carbocycles. The molecule has 1 aromatic rings. The van der Waals surface area contributed by atoms with Gasteiger partial charge in [-0.2, -0.15) is 11.8 Å². The van der Waals surface area contributed by atoms with Crippen molar-refractivity contribution in [1.29, 1.82) is 0 Å². The van der Waals surface area contributed by atoms with Crippen molar-refractivity contribution in [2.45, 2.75) is 38.9 Å². The van der Waals surface area contributed by atoms with Crippen LogP contribution in [-0.2, 0) is 15.3 Å². The van der Waals surface area contributed by atoms with Gasteiger partial charge < -0.3 is 10.4 Å². The largest absolute Gasteiger partial charge is 0.481 e. The molecule has 0 spiro atoms. The van der Waals surface area contributed by atoms with Crippen LogP contribution in [-0.4, -0.2) is 22.7 Å². The van der Waals surface area contributed by atoms with E-state index < -0.39 is 5.97 Å². The molecule has 0 aliphatic rings. The normalized spacial score (nSPS) is 10.6. The van der Waals surface area contributed by atoms with E-state index in [1.54, 1.807) is 11.8 Å². The summed E-state index contributed by atoms with van der Waals surface area (Å²) in [5.74, 6) is 1.14. The maximum Gasteiger partial charge on any atom is 0.304 e. The molecule has 0 heterocycles. The van der Waals surface area contributed by atoms with Crippen LogP contribution in [0.25, 0.3) is 0 Å². The first-order chi connectivity index (χ1) is 9.97. The van der Waals surface area contributed by atoms with Crippen LogP contribution >= 0.6 is 11.8 Å². The summed E-state index contributed by atoms with van der Waals surface area (Å²) in [4.78, 5) is 22.2. The standard InChI is InChI=1S/C16H23NO3S/c1-12(2)6-7-15(18)17-14-5-3-4-13(10-14)11-21-9-8-16(19)20/h3-5,10,12H,6-9,11H2,1-2H3,(H,17,18)(H,19,20). The quantitative estimate of drug-likeness (QED) is 0.681. The Bertz CT molecular complexity index is 474. The number of hydrogen-bond acceptors (Lipinski definition) is 3. The van der Waals surface area contributed by atoms with Crippen molar-refractivity contribution >= 4 is 29.3 Å². The van der Waals surface area contributed by atoms with Crippen molar-refractivity contribution in [2.24, 2.45) is 5.92 Å². The maximum atomic E-state index is 11.8. The number of anilines is 1. The van der Waals surface area contributed by atoms with Crippen molar-refractivity contribution in [3.8, 4) is 0 Å². The number of benzene rings is 1. The molecule has 2 N–H and O–H groups in total. The molecular weight excluding hydrogens is 286 g/mol. The molecule has 4 nitrogen and oxygen atoms in total. The SMILES string of the molecule is CC(C)CCC(=O)Nc1cccc(CSCCC(=O)O)c1. The topological polar surface area (TPSA) is 66.4 Å². The first-order valence-electron chi connectivity index (χ1n) is 7.15. The van der Waals surface area contributed by atoms with E-state index in [2.05, 4.69) is 19.2 Å². The average Bonchev–Trinajstić information content (AvgIpc) is 2.42. The van der Waals surface area contributed by atoms with Crippen LogP contribution in [0.2, 0.25) is 0 Å². The fraction of sp³-hybridized carbons (Fsp3) is 0.500. The lowest BCUT2D eigenvalue weighted by Gasteiger charge is -2.08. The number of hydrogen-bond donors (Lipinski definition) is 2. The molecule has 0 fully saturated rings. The Morgan fingerprint density at radius 1 is 1.29 bits per heavy atom. The summed E-state index contributed by atoms with van der Waals surface area (Å²) in [7, 11) is 0. The maximum absolute atomic E-state index is 11.8. The smallest absolute Gasteiger partial charge is 0.304 e. The number of aliphatic carboxylic acids is 1. The second-order valence-electron chi connectivity index (χ2n) is 5.38. The molecule has 0 radical (unpaired) electrons. The van der Waals surface area contributed by atoms with E-state index in [4.69, 9.17) is 5.11 Å². The molecule has 0 unspecified atom stereocenters. The molecule has 0 bridgehead atoms. The van der Waals surface area contributed by atoms with Gasteiger partial charge in [0.1, 0.15) is 0 Å². The highest BCUT2D eigenvalue weighted by Crippen LogP contribution is 2.17. The lowest BCUT2D eigenvalue weighted by Crippen LogP contribution is -2.12. The molecule has 0 aliphatic carbocycles. The Morgan fingerprint density at radius 2 is 2.05 bits per heavy atom. The predicted molar refractivity (Wildman–Crippen MR) is 87.6 cm³/mol. The number of amides is 1. The van der Waals surface area contributed by atoms with E-state index in [9.17, 15) is 9.59 Å². The molecule has 1 amide bonds. The number of rotatable bonds is 9. The van der Waals surface area contributed by atoms with Crippen LogP contribution in [0.5, 0.6) is 0 Å². The Labute approximate surface area is 130 Å². The molecule has 5 heteroatoms. The van der Waals surface area contributed by atoms with Crippen LogP contribution in [0.3, 0.4) is 0 Å². The second-order valence-corrected chi connectivity index (χ2v) is 6.48. The number of thioether (sulfide) groups is 1.